The third-order valence-corrected chi connectivity index (χ3v) is 6.21. The number of imidazole rings is 1. The van der Waals surface area contributed by atoms with Gasteiger partial charge in [-0.15, -0.1) is 11.8 Å². The van der Waals surface area contributed by atoms with Gasteiger partial charge in [0.1, 0.15) is 11.6 Å². The zero-order chi connectivity index (χ0) is 18.1. The van der Waals surface area contributed by atoms with Gasteiger partial charge in [0, 0.05) is 39.0 Å². The van der Waals surface area contributed by atoms with Crippen LogP contribution in [0.1, 0.15) is 23.1 Å². The van der Waals surface area contributed by atoms with Gasteiger partial charge in [-0.3, -0.25) is 0 Å². The van der Waals surface area contributed by atoms with Crippen molar-refractivity contribution in [1.82, 2.24) is 9.97 Å². The number of rotatable bonds is 5. The van der Waals surface area contributed by atoms with E-state index in [2.05, 4.69) is 9.97 Å². The number of ether oxygens (including phenoxy) is 1. The Kier molecular flexibility index (Phi) is 5.23. The molecule has 3 aromatic rings. The number of halogens is 3. The van der Waals surface area contributed by atoms with E-state index in [1.54, 1.807) is 42.4 Å². The molecule has 2 heterocycles. The Morgan fingerprint density at radius 1 is 1.19 bits per heavy atom. The zero-order valence-electron chi connectivity index (χ0n) is 13.6. The first-order chi connectivity index (χ1) is 12.6. The predicted octanol–water partition coefficient (Wildman–Crippen LogP) is 5.83. The molecule has 0 saturated carbocycles. The smallest absolute Gasteiger partial charge is 0.123 e. The molecule has 7 heteroatoms. The molecule has 2 aromatic carbocycles. The van der Waals surface area contributed by atoms with Crippen molar-refractivity contribution in [3.05, 3.63) is 81.6 Å². The fourth-order valence-corrected chi connectivity index (χ4v) is 4.88. The lowest BCUT2D eigenvalue weighted by molar-refractivity contribution is 0.0390. The summed E-state index contributed by atoms with van der Waals surface area (Å²) in [6, 6.07) is 10.2. The van der Waals surface area contributed by atoms with E-state index >= 15 is 0 Å². The predicted molar refractivity (Wildman–Crippen MR) is 102 cm³/mol. The van der Waals surface area contributed by atoms with Gasteiger partial charge in [-0.1, -0.05) is 29.3 Å². The molecular formula is C19H15Cl2FN2OS. The second kappa shape index (κ2) is 7.61. The number of aromatic amines is 1. The lowest BCUT2D eigenvalue weighted by Gasteiger charge is -2.20. The van der Waals surface area contributed by atoms with Crippen molar-refractivity contribution in [2.75, 3.05) is 0 Å². The van der Waals surface area contributed by atoms with Gasteiger partial charge >= 0.3 is 0 Å². The van der Waals surface area contributed by atoms with Crippen LogP contribution < -0.4 is 0 Å². The van der Waals surface area contributed by atoms with Crippen LogP contribution in [0.5, 0.6) is 0 Å². The summed E-state index contributed by atoms with van der Waals surface area (Å²) in [5.74, 6) is 0.620. The Labute approximate surface area is 164 Å². The van der Waals surface area contributed by atoms with Gasteiger partial charge in [0.25, 0.3) is 0 Å². The van der Waals surface area contributed by atoms with Gasteiger partial charge in [0.15, 0.2) is 0 Å². The second-order valence-electron chi connectivity index (χ2n) is 6.05. The summed E-state index contributed by atoms with van der Waals surface area (Å²) in [7, 11) is 0. The number of H-pyrrole nitrogens is 1. The van der Waals surface area contributed by atoms with Crippen LogP contribution in [0.4, 0.5) is 4.39 Å². The van der Waals surface area contributed by atoms with Crippen molar-refractivity contribution < 1.29 is 9.13 Å². The molecule has 134 valence electrons. The third-order valence-electron chi connectivity index (χ3n) is 4.28. The molecule has 26 heavy (non-hydrogen) atoms. The Balaban J connectivity index is 1.57. The molecule has 1 N–H and O–H groups in total. The second-order valence-corrected chi connectivity index (χ2v) is 8.17. The van der Waals surface area contributed by atoms with Crippen LogP contribution in [0.25, 0.3) is 0 Å². The number of nitrogens with one attached hydrogen (secondary N) is 1. The summed E-state index contributed by atoms with van der Waals surface area (Å²) >= 11 is 13.9. The summed E-state index contributed by atoms with van der Waals surface area (Å²) in [4.78, 5) is 8.46. The molecule has 0 radical (unpaired) electrons. The summed E-state index contributed by atoms with van der Waals surface area (Å²) in [6.07, 6.45) is 3.98. The summed E-state index contributed by atoms with van der Waals surface area (Å²) in [5.41, 5.74) is 1.72. The molecule has 0 aliphatic carbocycles. The van der Waals surface area contributed by atoms with Crippen molar-refractivity contribution >= 4 is 35.0 Å². The lowest BCUT2D eigenvalue weighted by Crippen LogP contribution is -2.17. The van der Waals surface area contributed by atoms with Gasteiger partial charge < -0.3 is 9.72 Å². The zero-order valence-corrected chi connectivity index (χ0v) is 15.9. The fourth-order valence-electron chi connectivity index (χ4n) is 3.04. The van der Waals surface area contributed by atoms with Crippen molar-refractivity contribution in [2.45, 2.75) is 29.3 Å². The molecule has 0 unspecified atom stereocenters. The van der Waals surface area contributed by atoms with E-state index in [1.807, 2.05) is 12.1 Å². The van der Waals surface area contributed by atoms with Crippen molar-refractivity contribution in [1.29, 1.82) is 0 Å². The quantitative estimate of drug-likeness (QED) is 0.576. The Bertz CT molecular complexity index is 920. The molecule has 2 atom stereocenters. The molecule has 0 spiro atoms. The van der Waals surface area contributed by atoms with Crippen LogP contribution in [0.2, 0.25) is 10.0 Å². The van der Waals surface area contributed by atoms with Crippen LogP contribution in [-0.4, -0.2) is 15.2 Å². The van der Waals surface area contributed by atoms with Gasteiger partial charge in [-0.05, 0) is 41.5 Å². The van der Waals surface area contributed by atoms with Crippen LogP contribution in [0.15, 0.2) is 53.7 Å². The minimum absolute atomic E-state index is 0.101. The standard InChI is InChI=1S/C19H15Cl2FN2OS/c20-12-2-1-11(15(21)7-12)10-25-19-14-8-13(22)3-4-16(14)26-17(19)9-18-23-5-6-24-18/h1-8,17,19H,9-10H2,(H,23,24)/t17-,19-/m0/s1. The highest BCUT2D eigenvalue weighted by Crippen LogP contribution is 2.47. The van der Waals surface area contributed by atoms with E-state index in [9.17, 15) is 4.39 Å². The van der Waals surface area contributed by atoms with Crippen LogP contribution in [0, 0.1) is 5.82 Å². The molecular weight excluding hydrogens is 394 g/mol. The van der Waals surface area contributed by atoms with E-state index in [0.717, 1.165) is 21.8 Å². The maximum absolute atomic E-state index is 13.8. The molecule has 0 saturated heterocycles. The van der Waals surface area contributed by atoms with Crippen molar-refractivity contribution in [2.24, 2.45) is 0 Å². The summed E-state index contributed by atoms with van der Waals surface area (Å²) < 4.78 is 20.0. The molecule has 1 aromatic heterocycles. The molecule has 4 rings (SSSR count). The SMILES string of the molecule is Fc1ccc2c(c1)[C@H](OCc1ccc(Cl)cc1Cl)[C@H](Cc1ncc[nH]1)S2. The number of benzene rings is 2. The molecule has 0 bridgehead atoms. The average molecular weight is 409 g/mol. The third kappa shape index (κ3) is 3.76. The highest BCUT2D eigenvalue weighted by atomic mass is 35.5. The van der Waals surface area contributed by atoms with E-state index in [4.69, 9.17) is 27.9 Å². The summed E-state index contributed by atoms with van der Waals surface area (Å²) in [6.45, 7) is 0.325. The molecule has 0 fully saturated rings. The monoisotopic (exact) mass is 408 g/mol. The highest BCUT2D eigenvalue weighted by Gasteiger charge is 2.35. The van der Waals surface area contributed by atoms with Crippen molar-refractivity contribution in [3.63, 3.8) is 0 Å². The molecule has 1 aliphatic heterocycles. The maximum atomic E-state index is 13.8. The van der Waals surface area contributed by atoms with Crippen LogP contribution in [-0.2, 0) is 17.8 Å². The largest absolute Gasteiger partial charge is 0.368 e. The normalized spacial score (nSPS) is 18.9. The van der Waals surface area contributed by atoms with Gasteiger partial charge in [0.05, 0.1) is 12.7 Å². The number of thioether (sulfide) groups is 1. The number of nitrogens with zero attached hydrogens (tertiary/aromatic N) is 1. The first-order valence-corrected chi connectivity index (χ1v) is 9.73. The number of aromatic nitrogens is 2. The Morgan fingerprint density at radius 2 is 2.08 bits per heavy atom. The molecule has 1 aliphatic rings. The van der Waals surface area contributed by atoms with Crippen LogP contribution in [0.3, 0.4) is 0 Å². The maximum Gasteiger partial charge on any atom is 0.123 e. The first kappa shape index (κ1) is 17.9. The van der Waals surface area contributed by atoms with Crippen LogP contribution >= 0.6 is 35.0 Å². The first-order valence-electron chi connectivity index (χ1n) is 8.10. The Hall–Kier alpha value is -1.53. The fraction of sp³-hybridized carbons (Fsp3) is 0.211. The van der Waals surface area contributed by atoms with Gasteiger partial charge in [0.2, 0.25) is 0 Å². The van der Waals surface area contributed by atoms with E-state index in [0.29, 0.717) is 23.1 Å². The topological polar surface area (TPSA) is 37.9 Å². The van der Waals surface area contributed by atoms with E-state index in [-0.39, 0.29) is 17.2 Å². The highest BCUT2D eigenvalue weighted by molar-refractivity contribution is 8.00. The van der Waals surface area contributed by atoms with Gasteiger partial charge in [-0.2, -0.15) is 0 Å². The number of hydrogen-bond donors (Lipinski definition) is 1. The summed E-state index contributed by atoms with van der Waals surface area (Å²) in [5, 5.41) is 1.24. The van der Waals surface area contributed by atoms with E-state index < -0.39 is 0 Å². The average Bonchev–Trinajstić information content (AvgIpc) is 3.22. The number of fused-ring (bicyclic) bond motifs is 1. The lowest BCUT2D eigenvalue weighted by atomic mass is 10.0. The number of hydrogen-bond acceptors (Lipinski definition) is 3. The van der Waals surface area contributed by atoms with Crippen molar-refractivity contribution in [3.8, 4) is 0 Å². The molecule has 0 amide bonds. The van der Waals surface area contributed by atoms with Gasteiger partial charge in [-0.25, -0.2) is 9.37 Å². The van der Waals surface area contributed by atoms with E-state index in [1.165, 1.54) is 6.07 Å². The minimum Gasteiger partial charge on any atom is -0.368 e. The molecule has 3 nitrogen and oxygen atoms in total. The minimum atomic E-state index is -0.263. The Morgan fingerprint density at radius 3 is 2.85 bits per heavy atom.